The van der Waals surface area contributed by atoms with E-state index in [9.17, 15) is 4.79 Å². The van der Waals surface area contributed by atoms with Crippen LogP contribution in [0.1, 0.15) is 56.8 Å². The normalized spacial score (nSPS) is 18.8. The molecule has 112 valence electrons. The summed E-state index contributed by atoms with van der Waals surface area (Å²) in [7, 11) is 1.92. The van der Waals surface area contributed by atoms with Gasteiger partial charge in [-0.25, -0.2) is 0 Å². The van der Waals surface area contributed by atoms with Crippen molar-refractivity contribution in [3.63, 3.8) is 0 Å². The van der Waals surface area contributed by atoms with E-state index in [2.05, 4.69) is 18.1 Å². The summed E-state index contributed by atoms with van der Waals surface area (Å²) in [6, 6.07) is 2.05. The number of aromatic nitrogens is 2. The van der Waals surface area contributed by atoms with Crippen LogP contribution in [0.2, 0.25) is 0 Å². The molecule has 1 fully saturated rings. The lowest BCUT2D eigenvalue weighted by Gasteiger charge is -2.29. The lowest BCUT2D eigenvalue weighted by molar-refractivity contribution is -0.128. The monoisotopic (exact) mass is 277 g/mol. The lowest BCUT2D eigenvalue weighted by atomic mass is 9.75. The summed E-state index contributed by atoms with van der Waals surface area (Å²) in [5.41, 5.74) is 7.78. The zero-order valence-electron chi connectivity index (χ0n) is 12.8. The molecule has 4 nitrogen and oxygen atoms in total. The molecular formula is C16H27N3O. The molecule has 1 aromatic heterocycles. The molecule has 1 aliphatic carbocycles. The summed E-state index contributed by atoms with van der Waals surface area (Å²) in [6.07, 6.45) is 8.04. The van der Waals surface area contributed by atoms with Gasteiger partial charge in [0.2, 0.25) is 0 Å². The van der Waals surface area contributed by atoms with Gasteiger partial charge in [-0.1, -0.05) is 32.6 Å². The lowest BCUT2D eigenvalue weighted by Crippen LogP contribution is -2.39. The summed E-state index contributed by atoms with van der Waals surface area (Å²) >= 11 is 0. The third-order valence-electron chi connectivity index (χ3n) is 4.77. The fourth-order valence-corrected chi connectivity index (χ4v) is 3.26. The topological polar surface area (TPSA) is 60.9 Å². The Morgan fingerprint density at radius 1 is 1.35 bits per heavy atom. The molecule has 0 radical (unpaired) electrons. The quantitative estimate of drug-likeness (QED) is 0.841. The van der Waals surface area contributed by atoms with E-state index in [1.807, 2.05) is 11.7 Å². The Bertz CT molecular complexity index is 456. The third kappa shape index (κ3) is 3.11. The largest absolute Gasteiger partial charge is 0.329 e. The van der Waals surface area contributed by atoms with E-state index in [0.717, 1.165) is 43.5 Å². The fraction of sp³-hybridized carbons (Fsp3) is 0.750. The molecule has 0 atom stereocenters. The summed E-state index contributed by atoms with van der Waals surface area (Å²) in [4.78, 5) is 12.8. The average Bonchev–Trinajstić information content (AvgIpc) is 2.68. The van der Waals surface area contributed by atoms with E-state index in [-0.39, 0.29) is 5.41 Å². The molecule has 0 bridgehead atoms. The predicted molar refractivity (Wildman–Crippen MR) is 80.5 cm³/mol. The van der Waals surface area contributed by atoms with Gasteiger partial charge < -0.3 is 5.73 Å². The molecule has 2 N–H and O–H groups in total. The number of aryl methyl sites for hydroxylation is 2. The Labute approximate surface area is 121 Å². The van der Waals surface area contributed by atoms with Gasteiger partial charge in [0.05, 0.1) is 5.69 Å². The van der Waals surface area contributed by atoms with Crippen molar-refractivity contribution in [3.8, 4) is 0 Å². The van der Waals surface area contributed by atoms with E-state index in [1.165, 1.54) is 12.8 Å². The van der Waals surface area contributed by atoms with E-state index < -0.39 is 0 Å². The number of Topliss-reactive ketones (excluding diaryl/α,β-unsaturated/α-hetero) is 1. The Kier molecular flexibility index (Phi) is 4.97. The maximum absolute atomic E-state index is 12.8. The second-order valence-corrected chi connectivity index (χ2v) is 6.10. The minimum absolute atomic E-state index is 0.285. The van der Waals surface area contributed by atoms with Crippen LogP contribution in [0, 0.1) is 5.41 Å². The fourth-order valence-electron chi connectivity index (χ4n) is 3.26. The first kappa shape index (κ1) is 15.2. The first-order chi connectivity index (χ1) is 9.61. The number of rotatable bonds is 5. The van der Waals surface area contributed by atoms with Gasteiger partial charge in [-0.05, 0) is 25.3 Å². The van der Waals surface area contributed by atoms with Crippen LogP contribution < -0.4 is 5.73 Å². The van der Waals surface area contributed by atoms with E-state index in [1.54, 1.807) is 0 Å². The number of hydrogen-bond donors (Lipinski definition) is 1. The number of hydrogen-bond acceptors (Lipinski definition) is 3. The van der Waals surface area contributed by atoms with Crippen LogP contribution in [0.3, 0.4) is 0 Å². The molecule has 0 spiro atoms. The zero-order valence-corrected chi connectivity index (χ0v) is 12.8. The maximum atomic E-state index is 12.8. The van der Waals surface area contributed by atoms with Gasteiger partial charge in [-0.2, -0.15) is 5.10 Å². The molecule has 0 unspecified atom stereocenters. The van der Waals surface area contributed by atoms with Gasteiger partial charge in [0.1, 0.15) is 5.78 Å². The molecule has 4 heteroatoms. The van der Waals surface area contributed by atoms with Crippen LogP contribution in [0.5, 0.6) is 0 Å². The van der Waals surface area contributed by atoms with Crippen LogP contribution >= 0.6 is 0 Å². The van der Waals surface area contributed by atoms with Crippen LogP contribution in [-0.2, 0) is 24.7 Å². The van der Waals surface area contributed by atoms with E-state index in [4.69, 9.17) is 5.73 Å². The van der Waals surface area contributed by atoms with Crippen molar-refractivity contribution < 1.29 is 4.79 Å². The minimum Gasteiger partial charge on any atom is -0.329 e. The second kappa shape index (κ2) is 6.53. The van der Waals surface area contributed by atoms with Gasteiger partial charge in [0.15, 0.2) is 0 Å². The molecule has 1 aromatic rings. The summed E-state index contributed by atoms with van der Waals surface area (Å²) in [5, 5.41) is 4.43. The standard InChI is InChI=1S/C16H27N3O/c1-3-13-10-14(19(2)18-13)11-15(20)16(12-17)8-6-4-5-7-9-16/h10H,3-9,11-12,17H2,1-2H3. The highest BCUT2D eigenvalue weighted by Gasteiger charge is 2.37. The van der Waals surface area contributed by atoms with Crippen LogP contribution in [0.25, 0.3) is 0 Å². The van der Waals surface area contributed by atoms with Gasteiger partial charge in [-0.3, -0.25) is 9.48 Å². The SMILES string of the molecule is CCc1cc(CC(=O)C2(CN)CCCCCC2)n(C)n1. The maximum Gasteiger partial charge on any atom is 0.146 e. The van der Waals surface area contributed by atoms with Crippen molar-refractivity contribution in [2.24, 2.45) is 18.2 Å². The molecular weight excluding hydrogens is 250 g/mol. The molecule has 0 amide bonds. The highest BCUT2D eigenvalue weighted by atomic mass is 16.1. The van der Waals surface area contributed by atoms with E-state index >= 15 is 0 Å². The number of nitrogens with two attached hydrogens (primary N) is 1. The second-order valence-electron chi connectivity index (χ2n) is 6.10. The van der Waals surface area contributed by atoms with Crippen molar-refractivity contribution in [1.82, 2.24) is 9.78 Å². The highest BCUT2D eigenvalue weighted by Crippen LogP contribution is 2.36. The first-order valence-corrected chi connectivity index (χ1v) is 7.86. The average molecular weight is 277 g/mol. The Morgan fingerprint density at radius 2 is 2.00 bits per heavy atom. The van der Waals surface area contributed by atoms with E-state index in [0.29, 0.717) is 18.7 Å². The number of ketones is 1. The van der Waals surface area contributed by atoms with Crippen LogP contribution in [0.4, 0.5) is 0 Å². The number of carbonyl (C=O) groups is 1. The highest BCUT2D eigenvalue weighted by molar-refractivity contribution is 5.86. The minimum atomic E-state index is -0.285. The molecule has 1 saturated carbocycles. The molecule has 0 aliphatic heterocycles. The van der Waals surface area contributed by atoms with Crippen molar-refractivity contribution in [2.75, 3.05) is 6.54 Å². The first-order valence-electron chi connectivity index (χ1n) is 7.86. The van der Waals surface area contributed by atoms with Crippen LogP contribution in [-0.4, -0.2) is 22.1 Å². The van der Waals surface area contributed by atoms with Crippen molar-refractivity contribution in [2.45, 2.75) is 58.3 Å². The van der Waals surface area contributed by atoms with Gasteiger partial charge in [0.25, 0.3) is 0 Å². The molecule has 2 rings (SSSR count). The molecule has 0 aromatic carbocycles. The Morgan fingerprint density at radius 3 is 2.50 bits per heavy atom. The molecule has 1 aliphatic rings. The van der Waals surface area contributed by atoms with Crippen LogP contribution in [0.15, 0.2) is 6.07 Å². The predicted octanol–water partition coefficient (Wildman–Crippen LogP) is 2.39. The Balaban J connectivity index is 2.13. The molecule has 0 saturated heterocycles. The van der Waals surface area contributed by atoms with Gasteiger partial charge in [-0.15, -0.1) is 0 Å². The number of carbonyl (C=O) groups excluding carboxylic acids is 1. The summed E-state index contributed by atoms with van der Waals surface area (Å²) < 4.78 is 1.84. The summed E-state index contributed by atoms with van der Waals surface area (Å²) in [6.45, 7) is 2.57. The molecule has 20 heavy (non-hydrogen) atoms. The van der Waals surface area contributed by atoms with Crippen molar-refractivity contribution in [3.05, 3.63) is 17.5 Å². The Hall–Kier alpha value is -1.16. The third-order valence-corrected chi connectivity index (χ3v) is 4.77. The van der Waals surface area contributed by atoms with Gasteiger partial charge >= 0.3 is 0 Å². The van der Waals surface area contributed by atoms with Gasteiger partial charge in [0, 0.05) is 31.1 Å². The summed E-state index contributed by atoms with van der Waals surface area (Å²) in [5.74, 6) is 0.313. The number of nitrogens with zero attached hydrogens (tertiary/aromatic N) is 2. The van der Waals surface area contributed by atoms with Crippen molar-refractivity contribution >= 4 is 5.78 Å². The smallest absolute Gasteiger partial charge is 0.146 e. The molecule has 1 heterocycles. The zero-order chi connectivity index (χ0) is 14.6. The van der Waals surface area contributed by atoms with Crippen molar-refractivity contribution in [1.29, 1.82) is 0 Å².